The van der Waals surface area contributed by atoms with Crippen LogP contribution in [0.25, 0.3) is 0 Å². The van der Waals surface area contributed by atoms with Crippen molar-refractivity contribution in [1.82, 2.24) is 0 Å². The van der Waals surface area contributed by atoms with Crippen LogP contribution in [0.2, 0.25) is 0 Å². The maximum Gasteiger partial charge on any atom is 0.310 e. The lowest BCUT2D eigenvalue weighted by atomic mass is 9.94. The molecule has 0 spiro atoms. The van der Waals surface area contributed by atoms with Crippen LogP contribution in [0.3, 0.4) is 0 Å². The summed E-state index contributed by atoms with van der Waals surface area (Å²) < 4.78 is 4.63. The van der Waals surface area contributed by atoms with Crippen molar-refractivity contribution in [3.8, 4) is 11.5 Å². The van der Waals surface area contributed by atoms with Gasteiger partial charge >= 0.3 is 5.97 Å². The Balaban J connectivity index is 2.56. The maximum atomic E-state index is 12.6. The third-order valence-corrected chi connectivity index (χ3v) is 5.95. The smallest absolute Gasteiger partial charge is 0.310 e. The number of aliphatic hydroxyl groups excluding tert-OH is 1. The SMILES string of the molecule is COC(=O)Cc1cc(O)cc(C/C=C(/C)CCC(=O)C(C)CC/C=C(\C)C[C@H](O)C=C(C)C)c1O. The van der Waals surface area contributed by atoms with Crippen molar-refractivity contribution in [2.24, 2.45) is 5.92 Å². The Morgan fingerprint density at radius 3 is 2.29 bits per heavy atom. The number of methoxy groups -OCH3 is 1. The number of carbonyl (C=O) groups is 2. The van der Waals surface area contributed by atoms with Crippen molar-refractivity contribution < 1.29 is 29.6 Å². The summed E-state index contributed by atoms with van der Waals surface area (Å²) in [5.41, 5.74) is 4.07. The van der Waals surface area contributed by atoms with Gasteiger partial charge in [0.05, 0.1) is 19.6 Å². The lowest BCUT2D eigenvalue weighted by Gasteiger charge is -2.11. The zero-order valence-electron chi connectivity index (χ0n) is 22.1. The summed E-state index contributed by atoms with van der Waals surface area (Å²) in [6.07, 6.45) is 8.94. The summed E-state index contributed by atoms with van der Waals surface area (Å²) in [7, 11) is 1.27. The molecule has 0 aliphatic carbocycles. The molecule has 1 rings (SSSR count). The summed E-state index contributed by atoms with van der Waals surface area (Å²) in [6.45, 7) is 9.83. The monoisotopic (exact) mass is 486 g/mol. The number of ketones is 1. The van der Waals surface area contributed by atoms with Crippen LogP contribution in [-0.4, -0.2) is 40.3 Å². The Labute approximate surface area is 210 Å². The van der Waals surface area contributed by atoms with E-state index in [9.17, 15) is 24.9 Å². The number of rotatable bonds is 14. The molecule has 6 nitrogen and oxygen atoms in total. The number of esters is 1. The van der Waals surface area contributed by atoms with Gasteiger partial charge in [-0.2, -0.15) is 0 Å². The minimum Gasteiger partial charge on any atom is -0.508 e. The molecule has 0 fully saturated rings. The molecule has 0 amide bonds. The first-order valence-electron chi connectivity index (χ1n) is 12.2. The molecule has 0 aliphatic heterocycles. The number of allylic oxidation sites excluding steroid dienone is 4. The normalized spacial score (nSPS) is 13.8. The molecule has 0 aliphatic rings. The van der Waals surface area contributed by atoms with Crippen LogP contribution in [0.1, 0.15) is 77.8 Å². The molecule has 0 bridgehead atoms. The molecular weight excluding hydrogens is 444 g/mol. The first-order chi connectivity index (χ1) is 16.4. The molecule has 35 heavy (non-hydrogen) atoms. The van der Waals surface area contributed by atoms with Gasteiger partial charge < -0.3 is 20.1 Å². The number of phenols is 2. The Morgan fingerprint density at radius 2 is 1.66 bits per heavy atom. The van der Waals surface area contributed by atoms with E-state index in [0.29, 0.717) is 36.8 Å². The topological polar surface area (TPSA) is 104 Å². The van der Waals surface area contributed by atoms with Gasteiger partial charge in [0.15, 0.2) is 0 Å². The van der Waals surface area contributed by atoms with E-state index < -0.39 is 12.1 Å². The zero-order chi connectivity index (χ0) is 26.5. The maximum absolute atomic E-state index is 12.6. The molecular formula is C29H42O6. The summed E-state index contributed by atoms with van der Waals surface area (Å²) in [4.78, 5) is 24.1. The zero-order valence-corrected chi connectivity index (χ0v) is 22.1. The number of aliphatic hydroxyl groups is 1. The van der Waals surface area contributed by atoms with Gasteiger partial charge in [0.1, 0.15) is 17.3 Å². The number of ether oxygens (including phenoxy) is 1. The fourth-order valence-corrected chi connectivity index (χ4v) is 3.81. The average molecular weight is 487 g/mol. The molecule has 0 heterocycles. The number of carbonyl (C=O) groups excluding carboxylic acids is 2. The highest BCUT2D eigenvalue weighted by atomic mass is 16.5. The van der Waals surface area contributed by atoms with E-state index in [2.05, 4.69) is 10.8 Å². The molecule has 0 saturated carbocycles. The first-order valence-corrected chi connectivity index (χ1v) is 12.2. The highest BCUT2D eigenvalue weighted by molar-refractivity contribution is 5.80. The Morgan fingerprint density at radius 1 is 1.00 bits per heavy atom. The van der Waals surface area contributed by atoms with Gasteiger partial charge in [-0.3, -0.25) is 9.59 Å². The van der Waals surface area contributed by atoms with Gasteiger partial charge in [-0.15, -0.1) is 0 Å². The van der Waals surface area contributed by atoms with Gasteiger partial charge in [-0.25, -0.2) is 0 Å². The van der Waals surface area contributed by atoms with E-state index in [4.69, 9.17) is 0 Å². The van der Waals surface area contributed by atoms with Gasteiger partial charge in [0.25, 0.3) is 0 Å². The standard InChI is InChI=1S/C29H42O6/c1-19(2)14-25(30)15-21(4)8-7-9-22(5)27(32)13-11-20(3)10-12-23-16-26(31)17-24(29(23)34)18-28(33)35-6/h8,10,14,16-17,22,25,30-31,34H,7,9,11-13,15,18H2,1-6H3/b20-10-,21-8+/t22?,25-/m1/s1. The number of hydrogen-bond acceptors (Lipinski definition) is 6. The third-order valence-electron chi connectivity index (χ3n) is 5.95. The Hall–Kier alpha value is -2.86. The molecule has 0 aromatic heterocycles. The van der Waals surface area contributed by atoms with Gasteiger partial charge in [0, 0.05) is 23.5 Å². The predicted molar refractivity (Wildman–Crippen MR) is 139 cm³/mol. The molecule has 3 N–H and O–H groups in total. The summed E-state index contributed by atoms with van der Waals surface area (Å²) in [5.74, 6) is -0.371. The van der Waals surface area contributed by atoms with E-state index in [1.54, 1.807) is 0 Å². The fraction of sp³-hybridized carbons (Fsp3) is 0.517. The highest BCUT2D eigenvalue weighted by Gasteiger charge is 2.14. The largest absolute Gasteiger partial charge is 0.508 e. The lowest BCUT2D eigenvalue weighted by molar-refractivity contribution is -0.139. The molecule has 0 saturated heterocycles. The van der Waals surface area contributed by atoms with Gasteiger partial charge in [-0.05, 0) is 71.9 Å². The third kappa shape index (κ3) is 11.9. The fourth-order valence-electron chi connectivity index (χ4n) is 3.81. The minimum absolute atomic E-state index is 0.0255. The van der Waals surface area contributed by atoms with Crippen molar-refractivity contribution in [3.63, 3.8) is 0 Å². The van der Waals surface area contributed by atoms with Crippen LogP contribution in [0.15, 0.2) is 47.1 Å². The number of aromatic hydroxyl groups is 2. The molecule has 6 heteroatoms. The predicted octanol–water partition coefficient (Wildman–Crippen LogP) is 5.73. The Kier molecular flexibility index (Phi) is 13.1. The molecule has 194 valence electrons. The second-order valence-corrected chi connectivity index (χ2v) is 9.63. The molecule has 1 aromatic carbocycles. The van der Waals surface area contributed by atoms with Gasteiger partial charge in [-0.1, -0.05) is 41.9 Å². The molecule has 2 atom stereocenters. The molecule has 1 aromatic rings. The van der Waals surface area contributed by atoms with Crippen molar-refractivity contribution in [2.45, 2.75) is 85.7 Å². The minimum atomic E-state index is -0.497. The van der Waals surface area contributed by atoms with Crippen molar-refractivity contribution in [2.75, 3.05) is 7.11 Å². The Bertz CT molecular complexity index is 950. The number of benzene rings is 1. The van der Waals surface area contributed by atoms with E-state index in [1.165, 1.54) is 19.2 Å². The molecule has 0 radical (unpaired) electrons. The van der Waals surface area contributed by atoms with Crippen LogP contribution in [0.5, 0.6) is 11.5 Å². The van der Waals surface area contributed by atoms with Crippen molar-refractivity contribution >= 4 is 11.8 Å². The second kappa shape index (κ2) is 15.2. The summed E-state index contributed by atoms with van der Waals surface area (Å²) >= 11 is 0. The highest BCUT2D eigenvalue weighted by Crippen LogP contribution is 2.29. The van der Waals surface area contributed by atoms with Gasteiger partial charge in [0.2, 0.25) is 0 Å². The van der Waals surface area contributed by atoms with Crippen LogP contribution < -0.4 is 0 Å². The van der Waals surface area contributed by atoms with Crippen molar-refractivity contribution in [3.05, 3.63) is 58.2 Å². The van der Waals surface area contributed by atoms with E-state index in [1.807, 2.05) is 46.8 Å². The van der Waals surface area contributed by atoms with Crippen LogP contribution in [0.4, 0.5) is 0 Å². The average Bonchev–Trinajstić information content (AvgIpc) is 2.77. The van der Waals surface area contributed by atoms with Crippen LogP contribution >= 0.6 is 0 Å². The number of hydrogen-bond donors (Lipinski definition) is 3. The summed E-state index contributed by atoms with van der Waals surface area (Å²) in [6, 6.07) is 2.83. The van der Waals surface area contributed by atoms with E-state index >= 15 is 0 Å². The quantitative estimate of drug-likeness (QED) is 0.176. The first kappa shape index (κ1) is 30.2. The van der Waals surface area contributed by atoms with E-state index in [0.717, 1.165) is 29.6 Å². The number of Topliss-reactive ketones (excluding diaryl/α,β-unsaturated/α-hetero) is 1. The van der Waals surface area contributed by atoms with E-state index in [-0.39, 0.29) is 29.6 Å². The second-order valence-electron chi connectivity index (χ2n) is 9.63. The summed E-state index contributed by atoms with van der Waals surface area (Å²) in [5, 5.41) is 30.4. The lowest BCUT2D eigenvalue weighted by Crippen LogP contribution is -2.10. The van der Waals surface area contributed by atoms with Crippen molar-refractivity contribution in [1.29, 1.82) is 0 Å². The van der Waals surface area contributed by atoms with Crippen LogP contribution in [0, 0.1) is 5.92 Å². The number of phenolic OH excluding ortho intramolecular Hbond substituents is 2. The van der Waals surface area contributed by atoms with Crippen LogP contribution in [-0.2, 0) is 27.2 Å². The molecule has 1 unspecified atom stereocenters.